The van der Waals surface area contributed by atoms with Crippen LogP contribution in [-0.4, -0.2) is 65.5 Å². The predicted molar refractivity (Wildman–Crippen MR) is 90.3 cm³/mol. The van der Waals surface area contributed by atoms with E-state index in [9.17, 15) is 19.5 Å². The number of amides is 2. The molecule has 2 amide bonds. The molecule has 0 saturated carbocycles. The van der Waals surface area contributed by atoms with Crippen LogP contribution >= 0.6 is 0 Å². The first-order chi connectivity index (χ1) is 11.9. The van der Waals surface area contributed by atoms with Crippen molar-refractivity contribution in [3.8, 4) is 0 Å². The lowest BCUT2D eigenvalue weighted by molar-refractivity contribution is -0.145. The molecule has 0 unspecified atom stereocenters. The van der Waals surface area contributed by atoms with Gasteiger partial charge in [0.1, 0.15) is 5.82 Å². The summed E-state index contributed by atoms with van der Waals surface area (Å²) in [5, 5.41) is 12.1. The molecular weight excluding hydrogens is 324 g/mol. The van der Waals surface area contributed by atoms with E-state index in [0.717, 1.165) is 0 Å². The van der Waals surface area contributed by atoms with Gasteiger partial charge in [0.15, 0.2) is 0 Å². The highest BCUT2D eigenvalue weighted by molar-refractivity contribution is 5.98. The SMILES string of the molecule is CNC(=O)c1cccnc1N1CCC2(CC1)[C@@H](C(=O)O)CC(=O)N2C. The van der Waals surface area contributed by atoms with E-state index in [4.69, 9.17) is 0 Å². The van der Waals surface area contributed by atoms with Crippen molar-refractivity contribution < 1.29 is 19.5 Å². The van der Waals surface area contributed by atoms with E-state index in [2.05, 4.69) is 10.3 Å². The molecule has 25 heavy (non-hydrogen) atoms. The molecule has 0 radical (unpaired) electrons. The van der Waals surface area contributed by atoms with Crippen LogP contribution in [0.3, 0.4) is 0 Å². The van der Waals surface area contributed by atoms with Gasteiger partial charge in [0.2, 0.25) is 5.91 Å². The summed E-state index contributed by atoms with van der Waals surface area (Å²) >= 11 is 0. The smallest absolute Gasteiger partial charge is 0.309 e. The second-order valence-electron chi connectivity index (χ2n) is 6.59. The Morgan fingerprint density at radius 2 is 2.04 bits per heavy atom. The summed E-state index contributed by atoms with van der Waals surface area (Å²) in [6.07, 6.45) is 2.77. The van der Waals surface area contributed by atoms with Crippen LogP contribution in [0, 0.1) is 5.92 Å². The zero-order chi connectivity index (χ0) is 18.2. The van der Waals surface area contributed by atoms with Crippen LogP contribution in [0.2, 0.25) is 0 Å². The molecule has 3 rings (SSSR count). The van der Waals surface area contributed by atoms with Crippen LogP contribution in [0.4, 0.5) is 5.82 Å². The standard InChI is InChI=1S/C17H22N4O4/c1-18-15(23)11-4-3-7-19-14(11)21-8-5-17(6-9-21)12(16(24)25)10-13(22)20(17)2/h3-4,7,12H,5-6,8-10H2,1-2H3,(H,18,23)(H,24,25)/t12-/m1/s1. The van der Waals surface area contributed by atoms with Gasteiger partial charge in [-0.05, 0) is 25.0 Å². The highest BCUT2D eigenvalue weighted by Gasteiger charge is 2.55. The molecule has 1 aromatic rings. The fraction of sp³-hybridized carbons (Fsp3) is 0.529. The minimum absolute atomic E-state index is 0.0545. The van der Waals surface area contributed by atoms with Crippen LogP contribution in [0.25, 0.3) is 0 Å². The molecule has 0 aliphatic carbocycles. The summed E-state index contributed by atoms with van der Waals surface area (Å²) < 4.78 is 0. The van der Waals surface area contributed by atoms with Crippen LogP contribution in [-0.2, 0) is 9.59 Å². The van der Waals surface area contributed by atoms with Crippen molar-refractivity contribution >= 4 is 23.6 Å². The van der Waals surface area contributed by atoms with Crippen LogP contribution < -0.4 is 10.2 Å². The molecule has 2 fully saturated rings. The molecule has 2 aliphatic heterocycles. The minimum atomic E-state index is -0.921. The quantitative estimate of drug-likeness (QED) is 0.818. The van der Waals surface area contributed by atoms with Crippen molar-refractivity contribution in [2.45, 2.75) is 24.8 Å². The van der Waals surface area contributed by atoms with Gasteiger partial charge >= 0.3 is 5.97 Å². The highest BCUT2D eigenvalue weighted by Crippen LogP contribution is 2.43. The van der Waals surface area contributed by atoms with E-state index in [1.54, 1.807) is 37.3 Å². The Morgan fingerprint density at radius 3 is 2.64 bits per heavy atom. The predicted octanol–water partition coefficient (Wildman–Crippen LogP) is 0.343. The van der Waals surface area contributed by atoms with Gasteiger partial charge in [0.25, 0.3) is 5.91 Å². The van der Waals surface area contributed by atoms with E-state index in [-0.39, 0.29) is 18.2 Å². The summed E-state index contributed by atoms with van der Waals surface area (Å²) in [4.78, 5) is 43.7. The highest BCUT2D eigenvalue weighted by atomic mass is 16.4. The number of pyridine rings is 1. The Kier molecular flexibility index (Phi) is 4.36. The largest absolute Gasteiger partial charge is 0.481 e. The first-order valence-corrected chi connectivity index (χ1v) is 8.32. The Labute approximate surface area is 145 Å². The zero-order valence-electron chi connectivity index (χ0n) is 14.4. The topological polar surface area (TPSA) is 103 Å². The average Bonchev–Trinajstić information content (AvgIpc) is 2.87. The number of anilines is 1. The number of nitrogens with zero attached hydrogens (tertiary/aromatic N) is 3. The maximum Gasteiger partial charge on any atom is 0.309 e. The van der Waals surface area contributed by atoms with Gasteiger partial charge in [0.05, 0.1) is 17.0 Å². The van der Waals surface area contributed by atoms with Crippen LogP contribution in [0.5, 0.6) is 0 Å². The van der Waals surface area contributed by atoms with Crippen molar-refractivity contribution in [2.24, 2.45) is 5.92 Å². The molecule has 8 heteroatoms. The molecule has 2 aliphatic rings. The molecule has 2 saturated heterocycles. The number of hydrogen-bond acceptors (Lipinski definition) is 5. The third-order valence-electron chi connectivity index (χ3n) is 5.55. The van der Waals surface area contributed by atoms with Crippen molar-refractivity contribution in [3.63, 3.8) is 0 Å². The Bertz CT molecular complexity index is 712. The molecule has 1 atom stereocenters. The molecule has 2 N–H and O–H groups in total. The lowest BCUT2D eigenvalue weighted by atomic mass is 9.77. The van der Waals surface area contributed by atoms with Gasteiger partial charge in [-0.1, -0.05) is 0 Å². The first kappa shape index (κ1) is 17.2. The number of carbonyl (C=O) groups is 3. The van der Waals surface area contributed by atoms with Gasteiger partial charge < -0.3 is 20.2 Å². The Morgan fingerprint density at radius 1 is 1.36 bits per heavy atom. The third kappa shape index (κ3) is 2.71. The molecule has 1 spiro atoms. The van der Waals surface area contributed by atoms with Gasteiger partial charge in [-0.3, -0.25) is 14.4 Å². The summed E-state index contributed by atoms with van der Waals surface area (Å²) in [7, 11) is 3.26. The molecule has 0 aromatic carbocycles. The lowest BCUT2D eigenvalue weighted by Crippen LogP contribution is -2.56. The van der Waals surface area contributed by atoms with E-state index in [1.165, 1.54) is 0 Å². The van der Waals surface area contributed by atoms with E-state index in [1.807, 2.05) is 4.90 Å². The Hall–Kier alpha value is -2.64. The molecule has 134 valence electrons. The van der Waals surface area contributed by atoms with Crippen LogP contribution in [0.15, 0.2) is 18.3 Å². The van der Waals surface area contributed by atoms with Gasteiger partial charge in [-0.25, -0.2) is 4.98 Å². The van der Waals surface area contributed by atoms with Crippen molar-refractivity contribution in [1.82, 2.24) is 15.2 Å². The minimum Gasteiger partial charge on any atom is -0.481 e. The fourth-order valence-electron chi connectivity index (χ4n) is 4.05. The van der Waals surface area contributed by atoms with Crippen LogP contribution in [0.1, 0.15) is 29.6 Å². The number of aliphatic carboxylic acids is 1. The lowest BCUT2D eigenvalue weighted by Gasteiger charge is -2.46. The number of likely N-dealkylation sites (tertiary alicyclic amines) is 1. The molecule has 8 nitrogen and oxygen atoms in total. The number of hydrogen-bond donors (Lipinski definition) is 2. The molecule has 1 aromatic heterocycles. The van der Waals surface area contributed by atoms with Gasteiger partial charge in [-0.2, -0.15) is 0 Å². The number of piperidine rings is 1. The van der Waals surface area contributed by atoms with Crippen molar-refractivity contribution in [2.75, 3.05) is 32.1 Å². The molecule has 0 bridgehead atoms. The number of carboxylic acid groups (broad SMARTS) is 1. The summed E-state index contributed by atoms with van der Waals surface area (Å²) in [5.41, 5.74) is -0.159. The summed E-state index contributed by atoms with van der Waals surface area (Å²) in [6, 6.07) is 3.43. The Balaban J connectivity index is 1.84. The normalized spacial score (nSPS) is 22.3. The fourth-order valence-corrected chi connectivity index (χ4v) is 4.05. The first-order valence-electron chi connectivity index (χ1n) is 8.32. The number of carboxylic acids is 1. The van der Waals surface area contributed by atoms with E-state index in [0.29, 0.717) is 37.3 Å². The third-order valence-corrected chi connectivity index (χ3v) is 5.55. The average molecular weight is 346 g/mol. The van der Waals surface area contributed by atoms with E-state index >= 15 is 0 Å². The second-order valence-corrected chi connectivity index (χ2v) is 6.59. The number of nitrogens with one attached hydrogen (secondary N) is 1. The zero-order valence-corrected chi connectivity index (χ0v) is 14.4. The summed E-state index contributed by atoms with van der Waals surface area (Å²) in [6.45, 7) is 1.09. The molecule has 3 heterocycles. The van der Waals surface area contributed by atoms with Crippen molar-refractivity contribution in [3.05, 3.63) is 23.9 Å². The number of rotatable bonds is 3. The van der Waals surface area contributed by atoms with E-state index < -0.39 is 17.4 Å². The molecular formula is C17H22N4O4. The number of aromatic nitrogens is 1. The number of carbonyl (C=O) groups excluding carboxylic acids is 2. The van der Waals surface area contributed by atoms with Gasteiger partial charge in [-0.15, -0.1) is 0 Å². The second kappa shape index (κ2) is 6.34. The monoisotopic (exact) mass is 346 g/mol. The maximum absolute atomic E-state index is 12.1. The van der Waals surface area contributed by atoms with Crippen molar-refractivity contribution in [1.29, 1.82) is 0 Å². The maximum atomic E-state index is 12.1. The van der Waals surface area contributed by atoms with Gasteiger partial charge in [0, 0.05) is 39.8 Å². The summed E-state index contributed by atoms with van der Waals surface area (Å²) in [5.74, 6) is -1.34.